The maximum absolute atomic E-state index is 12.8. The fourth-order valence-electron chi connectivity index (χ4n) is 3.42. The fourth-order valence-corrected chi connectivity index (χ4v) is 3.42. The average molecular weight is 379 g/mol. The highest BCUT2D eigenvalue weighted by Crippen LogP contribution is 2.25. The van der Waals surface area contributed by atoms with Crippen molar-refractivity contribution in [3.05, 3.63) is 54.1 Å². The maximum atomic E-state index is 12.8. The van der Waals surface area contributed by atoms with Crippen molar-refractivity contribution in [2.24, 2.45) is 0 Å². The quantitative estimate of drug-likeness (QED) is 0.888. The molecular weight excluding hydrogens is 354 g/mol. The number of carbonyl (C=O) groups excluding carboxylic acids is 3. The van der Waals surface area contributed by atoms with E-state index in [0.717, 1.165) is 23.2 Å². The summed E-state index contributed by atoms with van der Waals surface area (Å²) in [4.78, 5) is 38.9. The number of anilines is 1. The summed E-state index contributed by atoms with van der Waals surface area (Å²) < 4.78 is 0. The Labute approximate surface area is 165 Å². The van der Waals surface area contributed by atoms with Gasteiger partial charge in [-0.25, -0.2) is 0 Å². The van der Waals surface area contributed by atoms with Crippen LogP contribution in [0.25, 0.3) is 11.1 Å². The van der Waals surface area contributed by atoms with E-state index >= 15 is 0 Å². The Hall–Kier alpha value is -3.15. The Morgan fingerprint density at radius 1 is 1.04 bits per heavy atom. The Morgan fingerprint density at radius 3 is 2.39 bits per heavy atom. The Kier molecular flexibility index (Phi) is 5.78. The van der Waals surface area contributed by atoms with Gasteiger partial charge < -0.3 is 15.1 Å². The second kappa shape index (κ2) is 8.25. The number of carbonyl (C=O) groups is 3. The van der Waals surface area contributed by atoms with Crippen LogP contribution in [0.2, 0.25) is 0 Å². The van der Waals surface area contributed by atoms with Gasteiger partial charge in [0.2, 0.25) is 11.8 Å². The third kappa shape index (κ3) is 4.39. The highest BCUT2D eigenvalue weighted by molar-refractivity contribution is 5.96. The molecular formula is C22H25N3O3. The molecule has 2 aromatic carbocycles. The Morgan fingerprint density at radius 2 is 1.75 bits per heavy atom. The molecule has 0 aliphatic carbocycles. The van der Waals surface area contributed by atoms with Crippen molar-refractivity contribution >= 4 is 23.4 Å². The molecule has 0 spiro atoms. The number of hydrogen-bond donors (Lipinski definition) is 1. The summed E-state index contributed by atoms with van der Waals surface area (Å²) >= 11 is 0. The van der Waals surface area contributed by atoms with Gasteiger partial charge >= 0.3 is 0 Å². The number of nitrogens with one attached hydrogen (secondary N) is 1. The number of rotatable bonds is 4. The summed E-state index contributed by atoms with van der Waals surface area (Å²) in [5, 5.41) is 2.88. The van der Waals surface area contributed by atoms with Crippen molar-refractivity contribution < 1.29 is 14.4 Å². The minimum atomic E-state index is -0.0693. The van der Waals surface area contributed by atoms with Gasteiger partial charge in [0.15, 0.2) is 0 Å². The van der Waals surface area contributed by atoms with Gasteiger partial charge in [0, 0.05) is 51.3 Å². The molecule has 0 bridgehead atoms. The normalized spacial score (nSPS) is 16.0. The van der Waals surface area contributed by atoms with E-state index in [1.54, 1.807) is 16.8 Å². The summed E-state index contributed by atoms with van der Waals surface area (Å²) in [6, 6.07) is 15.2. The second-order valence-electron chi connectivity index (χ2n) is 7.14. The van der Waals surface area contributed by atoms with E-state index in [-0.39, 0.29) is 23.8 Å². The minimum absolute atomic E-state index is 0.0236. The summed E-state index contributed by atoms with van der Waals surface area (Å²) in [5.74, 6) is -0.119. The van der Waals surface area contributed by atoms with E-state index in [0.29, 0.717) is 18.7 Å². The van der Waals surface area contributed by atoms with Crippen LogP contribution < -0.4 is 10.2 Å². The molecule has 0 saturated carbocycles. The zero-order valence-corrected chi connectivity index (χ0v) is 16.4. The molecule has 146 valence electrons. The van der Waals surface area contributed by atoms with Crippen LogP contribution >= 0.6 is 0 Å². The Balaban J connectivity index is 1.74. The van der Waals surface area contributed by atoms with E-state index in [1.807, 2.05) is 48.5 Å². The third-order valence-corrected chi connectivity index (χ3v) is 5.05. The van der Waals surface area contributed by atoms with Crippen molar-refractivity contribution in [3.63, 3.8) is 0 Å². The number of amides is 3. The number of nitrogens with zero attached hydrogens (tertiary/aromatic N) is 2. The van der Waals surface area contributed by atoms with E-state index < -0.39 is 0 Å². The number of hydrogen-bond acceptors (Lipinski definition) is 3. The van der Waals surface area contributed by atoms with Crippen molar-refractivity contribution in [3.8, 4) is 11.1 Å². The standard InChI is InChI=1S/C22H25N3O3/c1-15(26)23-20-11-12-25(14-20)22(28)19-6-4-5-18(13-19)17-7-9-21(10-8-17)24(3)16(2)27/h4-10,13,20H,11-12,14H2,1-3H3,(H,23,26). The molecule has 1 heterocycles. The van der Waals surface area contributed by atoms with Crippen molar-refractivity contribution in [1.29, 1.82) is 0 Å². The molecule has 28 heavy (non-hydrogen) atoms. The lowest BCUT2D eigenvalue weighted by molar-refractivity contribution is -0.119. The van der Waals surface area contributed by atoms with Crippen LogP contribution in [-0.2, 0) is 9.59 Å². The predicted molar refractivity (Wildman–Crippen MR) is 109 cm³/mol. The molecule has 1 fully saturated rings. The molecule has 1 unspecified atom stereocenters. The fraction of sp³-hybridized carbons (Fsp3) is 0.318. The van der Waals surface area contributed by atoms with E-state index in [4.69, 9.17) is 0 Å². The maximum Gasteiger partial charge on any atom is 0.253 e. The summed E-state index contributed by atoms with van der Waals surface area (Å²) in [5.41, 5.74) is 3.38. The van der Waals surface area contributed by atoms with Gasteiger partial charge in [0.1, 0.15) is 0 Å². The average Bonchev–Trinajstić information content (AvgIpc) is 3.14. The lowest BCUT2D eigenvalue weighted by atomic mass is 10.0. The van der Waals surface area contributed by atoms with Crippen LogP contribution in [0.5, 0.6) is 0 Å². The highest BCUT2D eigenvalue weighted by atomic mass is 16.2. The molecule has 0 radical (unpaired) electrons. The summed E-state index contributed by atoms with van der Waals surface area (Å²) in [6.45, 7) is 4.19. The molecule has 3 rings (SSSR count). The van der Waals surface area contributed by atoms with Crippen molar-refractivity contribution in [2.45, 2.75) is 26.3 Å². The first-order valence-electron chi connectivity index (χ1n) is 9.36. The molecule has 0 aromatic heterocycles. The van der Waals surface area contributed by atoms with Crippen molar-refractivity contribution in [2.75, 3.05) is 25.0 Å². The first-order valence-corrected chi connectivity index (χ1v) is 9.36. The van der Waals surface area contributed by atoms with Gasteiger partial charge in [-0.3, -0.25) is 14.4 Å². The van der Waals surface area contributed by atoms with Gasteiger partial charge in [0.25, 0.3) is 5.91 Å². The molecule has 1 atom stereocenters. The monoisotopic (exact) mass is 379 g/mol. The smallest absolute Gasteiger partial charge is 0.253 e. The van der Waals surface area contributed by atoms with E-state index in [1.165, 1.54) is 13.8 Å². The van der Waals surface area contributed by atoms with E-state index in [9.17, 15) is 14.4 Å². The van der Waals surface area contributed by atoms with Gasteiger partial charge in [-0.1, -0.05) is 24.3 Å². The molecule has 2 aromatic rings. The van der Waals surface area contributed by atoms with Gasteiger partial charge in [-0.15, -0.1) is 0 Å². The predicted octanol–water partition coefficient (Wildman–Crippen LogP) is 2.69. The van der Waals surface area contributed by atoms with Gasteiger partial charge in [0.05, 0.1) is 0 Å². The molecule has 1 aliphatic rings. The first-order chi connectivity index (χ1) is 13.3. The molecule has 6 heteroatoms. The summed E-state index contributed by atoms with van der Waals surface area (Å²) in [7, 11) is 1.74. The highest BCUT2D eigenvalue weighted by Gasteiger charge is 2.27. The second-order valence-corrected chi connectivity index (χ2v) is 7.14. The van der Waals surface area contributed by atoms with E-state index in [2.05, 4.69) is 5.32 Å². The summed E-state index contributed by atoms with van der Waals surface area (Å²) in [6.07, 6.45) is 0.774. The topological polar surface area (TPSA) is 69.7 Å². The first kappa shape index (κ1) is 19.6. The molecule has 3 amide bonds. The van der Waals surface area contributed by atoms with Crippen LogP contribution in [0.15, 0.2) is 48.5 Å². The molecule has 6 nitrogen and oxygen atoms in total. The largest absolute Gasteiger partial charge is 0.352 e. The van der Waals surface area contributed by atoms with Gasteiger partial charge in [-0.05, 0) is 41.8 Å². The number of benzene rings is 2. The number of likely N-dealkylation sites (tertiary alicyclic amines) is 1. The molecule has 1 aliphatic heterocycles. The van der Waals surface area contributed by atoms with Gasteiger partial charge in [-0.2, -0.15) is 0 Å². The SMILES string of the molecule is CC(=O)NC1CCN(C(=O)c2cccc(-c3ccc(N(C)C(C)=O)cc3)c2)C1. The minimum Gasteiger partial charge on any atom is -0.352 e. The van der Waals surface area contributed by atoms with Crippen molar-refractivity contribution in [1.82, 2.24) is 10.2 Å². The Bertz CT molecular complexity index is 892. The van der Waals surface area contributed by atoms with Crippen LogP contribution in [0.1, 0.15) is 30.6 Å². The molecule has 1 saturated heterocycles. The lowest BCUT2D eigenvalue weighted by Gasteiger charge is -2.18. The van der Waals surface area contributed by atoms with Crippen LogP contribution in [0.3, 0.4) is 0 Å². The van der Waals surface area contributed by atoms with Crippen LogP contribution in [-0.4, -0.2) is 48.8 Å². The van der Waals surface area contributed by atoms with Crippen LogP contribution in [0, 0.1) is 0 Å². The lowest BCUT2D eigenvalue weighted by Crippen LogP contribution is -2.37. The zero-order valence-electron chi connectivity index (χ0n) is 16.4. The zero-order chi connectivity index (χ0) is 20.3. The van der Waals surface area contributed by atoms with Crippen LogP contribution in [0.4, 0.5) is 5.69 Å². The third-order valence-electron chi connectivity index (χ3n) is 5.05. The molecule has 1 N–H and O–H groups in total.